The average molecular weight is 583 g/mol. The summed E-state index contributed by atoms with van der Waals surface area (Å²) in [5, 5.41) is 0. The average Bonchev–Trinajstić information content (AvgIpc) is 3.42. The van der Waals surface area contributed by atoms with Crippen LogP contribution in [0.1, 0.15) is 38.8 Å². The highest BCUT2D eigenvalue weighted by atomic mass is 79.9. The monoisotopic (exact) mass is 581 g/mol. The standard InChI is InChI=1S/C26H32BrNO7S/c1-16-10-12-18(13-11-16)36(29,30)28(14-17-8-6-7-9-19(17)27)21-22(20-15-31-25(2,3)33-20)32-24-23(21)34-26(4,5)35-24/h6-13,20-24H,14-15H2,1-5H3/t20-,21-,22-,23-,24-/m1/s1. The first kappa shape index (κ1) is 26.2. The van der Waals surface area contributed by atoms with Gasteiger partial charge >= 0.3 is 0 Å². The second-order valence-corrected chi connectivity index (χ2v) is 13.1. The molecule has 5 atom stereocenters. The van der Waals surface area contributed by atoms with Crippen molar-refractivity contribution in [1.82, 2.24) is 4.31 Å². The number of fused-ring (bicyclic) bond motifs is 1. The number of ether oxygens (including phenoxy) is 5. The Morgan fingerprint density at radius 2 is 1.64 bits per heavy atom. The number of halogens is 1. The fourth-order valence-corrected chi connectivity index (χ4v) is 7.05. The van der Waals surface area contributed by atoms with Crippen LogP contribution >= 0.6 is 15.9 Å². The summed E-state index contributed by atoms with van der Waals surface area (Å²) >= 11 is 3.58. The molecule has 3 aliphatic heterocycles. The van der Waals surface area contributed by atoms with Crippen LogP contribution in [0.15, 0.2) is 57.9 Å². The van der Waals surface area contributed by atoms with E-state index in [2.05, 4.69) is 15.9 Å². The van der Waals surface area contributed by atoms with Gasteiger partial charge in [-0.15, -0.1) is 0 Å². The molecule has 2 aromatic rings. The van der Waals surface area contributed by atoms with Gasteiger partial charge in [-0.05, 0) is 58.4 Å². The number of aryl methyl sites for hydroxylation is 1. The van der Waals surface area contributed by atoms with Crippen LogP contribution < -0.4 is 0 Å². The van der Waals surface area contributed by atoms with Gasteiger partial charge in [-0.2, -0.15) is 4.31 Å². The van der Waals surface area contributed by atoms with E-state index in [-0.39, 0.29) is 18.0 Å². The maximum Gasteiger partial charge on any atom is 0.243 e. The quantitative estimate of drug-likeness (QED) is 0.501. The molecule has 196 valence electrons. The number of hydrogen-bond acceptors (Lipinski definition) is 7. The zero-order valence-corrected chi connectivity index (χ0v) is 23.4. The molecule has 0 unspecified atom stereocenters. The van der Waals surface area contributed by atoms with Crippen molar-refractivity contribution in [1.29, 1.82) is 0 Å². The molecule has 5 rings (SSSR count). The Hall–Kier alpha value is -1.37. The third-order valence-corrected chi connectivity index (χ3v) is 9.33. The summed E-state index contributed by atoms with van der Waals surface area (Å²) in [7, 11) is -3.98. The molecule has 0 amide bonds. The van der Waals surface area contributed by atoms with Crippen LogP contribution in [0, 0.1) is 6.92 Å². The van der Waals surface area contributed by atoms with Gasteiger partial charge in [0, 0.05) is 11.0 Å². The summed E-state index contributed by atoms with van der Waals surface area (Å²) in [5.41, 5.74) is 1.79. The largest absolute Gasteiger partial charge is 0.348 e. The summed E-state index contributed by atoms with van der Waals surface area (Å²) in [6.07, 6.45) is -2.56. The number of nitrogens with zero attached hydrogens (tertiary/aromatic N) is 1. The summed E-state index contributed by atoms with van der Waals surface area (Å²) in [4.78, 5) is 0.199. The van der Waals surface area contributed by atoms with E-state index in [1.165, 1.54) is 4.31 Å². The van der Waals surface area contributed by atoms with Crippen LogP contribution in [-0.4, -0.2) is 61.5 Å². The first-order chi connectivity index (χ1) is 16.9. The maximum absolute atomic E-state index is 14.3. The Morgan fingerprint density at radius 1 is 0.944 bits per heavy atom. The van der Waals surface area contributed by atoms with Crippen LogP contribution in [0.3, 0.4) is 0 Å². The van der Waals surface area contributed by atoms with Gasteiger partial charge in [0.25, 0.3) is 0 Å². The second kappa shape index (κ2) is 9.43. The van der Waals surface area contributed by atoms with Crippen molar-refractivity contribution in [2.24, 2.45) is 0 Å². The summed E-state index contributed by atoms with van der Waals surface area (Å²) in [6, 6.07) is 13.7. The van der Waals surface area contributed by atoms with Crippen molar-refractivity contribution in [3.63, 3.8) is 0 Å². The van der Waals surface area contributed by atoms with Gasteiger partial charge in [0.2, 0.25) is 10.0 Å². The number of sulfonamides is 1. The summed E-state index contributed by atoms with van der Waals surface area (Å²) < 4.78 is 61.4. The topological polar surface area (TPSA) is 83.5 Å². The Bertz CT molecular complexity index is 1220. The number of benzene rings is 2. The lowest BCUT2D eigenvalue weighted by molar-refractivity contribution is -0.226. The molecule has 0 aromatic heterocycles. The molecular weight excluding hydrogens is 550 g/mol. The fourth-order valence-electron chi connectivity index (χ4n) is 5.02. The van der Waals surface area contributed by atoms with Crippen LogP contribution in [0.5, 0.6) is 0 Å². The molecule has 0 N–H and O–H groups in total. The van der Waals surface area contributed by atoms with E-state index in [0.717, 1.165) is 15.6 Å². The number of rotatable bonds is 6. The van der Waals surface area contributed by atoms with Crippen LogP contribution in [0.2, 0.25) is 0 Å². The molecular formula is C26H32BrNO7S. The minimum atomic E-state index is -3.98. The highest BCUT2D eigenvalue weighted by molar-refractivity contribution is 9.10. The van der Waals surface area contributed by atoms with Gasteiger partial charge in [0.1, 0.15) is 18.3 Å². The van der Waals surface area contributed by atoms with E-state index in [1.807, 2.05) is 45.0 Å². The molecule has 0 bridgehead atoms. The normalized spacial score (nSPS) is 31.1. The summed E-state index contributed by atoms with van der Waals surface area (Å²) in [6.45, 7) is 9.55. The lowest BCUT2D eigenvalue weighted by atomic mass is 10.0. The van der Waals surface area contributed by atoms with E-state index >= 15 is 0 Å². The minimum absolute atomic E-state index is 0.103. The molecule has 3 aliphatic rings. The highest BCUT2D eigenvalue weighted by Gasteiger charge is 2.61. The molecule has 3 saturated heterocycles. The molecule has 3 heterocycles. The Labute approximate surface area is 221 Å². The van der Waals surface area contributed by atoms with Crippen molar-refractivity contribution in [2.75, 3.05) is 6.61 Å². The molecule has 0 aliphatic carbocycles. The van der Waals surface area contributed by atoms with E-state index in [9.17, 15) is 8.42 Å². The van der Waals surface area contributed by atoms with E-state index in [4.69, 9.17) is 23.7 Å². The highest BCUT2D eigenvalue weighted by Crippen LogP contribution is 2.44. The predicted molar refractivity (Wildman–Crippen MR) is 135 cm³/mol. The van der Waals surface area contributed by atoms with Gasteiger partial charge in [0.05, 0.1) is 17.5 Å². The number of hydrogen-bond donors (Lipinski definition) is 0. The predicted octanol–water partition coefficient (Wildman–Crippen LogP) is 4.34. The molecule has 8 nitrogen and oxygen atoms in total. The maximum atomic E-state index is 14.3. The first-order valence-corrected chi connectivity index (χ1v) is 14.2. The molecule has 0 saturated carbocycles. The molecule has 2 aromatic carbocycles. The Balaban J connectivity index is 1.61. The van der Waals surface area contributed by atoms with Crippen molar-refractivity contribution in [3.05, 3.63) is 64.1 Å². The third kappa shape index (κ3) is 5.02. The van der Waals surface area contributed by atoms with Gasteiger partial charge in [-0.25, -0.2) is 8.42 Å². The second-order valence-electron chi connectivity index (χ2n) is 10.4. The zero-order chi connectivity index (χ0) is 25.9. The molecule has 10 heteroatoms. The van der Waals surface area contributed by atoms with Crippen LogP contribution in [-0.2, 0) is 40.3 Å². The molecule has 36 heavy (non-hydrogen) atoms. The lowest BCUT2D eigenvalue weighted by Crippen LogP contribution is -2.54. The third-order valence-electron chi connectivity index (χ3n) is 6.69. The zero-order valence-electron chi connectivity index (χ0n) is 21.0. The lowest BCUT2D eigenvalue weighted by Gasteiger charge is -2.36. The Morgan fingerprint density at radius 3 is 2.28 bits per heavy atom. The fraction of sp³-hybridized carbons (Fsp3) is 0.538. The van der Waals surface area contributed by atoms with Gasteiger partial charge < -0.3 is 23.7 Å². The SMILES string of the molecule is Cc1ccc(S(=O)(=O)N(Cc2ccccc2Br)[C@H]2[C@H]3OC(C)(C)O[C@H]3O[C@@H]2[C@H]2COC(C)(C)O2)cc1. The van der Waals surface area contributed by atoms with Crippen molar-refractivity contribution in [3.8, 4) is 0 Å². The summed E-state index contributed by atoms with van der Waals surface area (Å²) in [5.74, 6) is -1.72. The van der Waals surface area contributed by atoms with Gasteiger partial charge in [-0.1, -0.05) is 51.8 Å². The molecule has 0 spiro atoms. The van der Waals surface area contributed by atoms with Crippen molar-refractivity contribution < 1.29 is 32.1 Å². The van der Waals surface area contributed by atoms with E-state index in [1.54, 1.807) is 38.1 Å². The van der Waals surface area contributed by atoms with Gasteiger partial charge in [0.15, 0.2) is 17.9 Å². The van der Waals surface area contributed by atoms with Crippen LogP contribution in [0.25, 0.3) is 0 Å². The molecule has 3 fully saturated rings. The minimum Gasteiger partial charge on any atom is -0.348 e. The molecule has 0 radical (unpaired) electrons. The Kier molecular flexibility index (Phi) is 6.87. The van der Waals surface area contributed by atoms with Gasteiger partial charge in [-0.3, -0.25) is 0 Å². The van der Waals surface area contributed by atoms with Crippen molar-refractivity contribution >= 4 is 26.0 Å². The smallest absolute Gasteiger partial charge is 0.243 e. The first-order valence-electron chi connectivity index (χ1n) is 12.0. The van der Waals surface area contributed by atoms with E-state index in [0.29, 0.717) is 0 Å². The van der Waals surface area contributed by atoms with Crippen LogP contribution in [0.4, 0.5) is 0 Å². The van der Waals surface area contributed by atoms with E-state index < -0.39 is 52.2 Å². The van der Waals surface area contributed by atoms with Crippen molar-refractivity contribution in [2.45, 2.75) is 88.3 Å².